The number of hydrogen-bond acceptors (Lipinski definition) is 5. The number of alkyl halides is 3. The second-order valence-electron chi connectivity index (χ2n) is 7.45. The minimum Gasteiger partial charge on any atom is -0.478 e. The number of carboxylic acid groups (broad SMARTS) is 1. The van der Waals surface area contributed by atoms with Gasteiger partial charge in [0.25, 0.3) is 0 Å². The standard InChI is InChI=1S/C23H16Cl2F3NO4S/c1-11-7-20(34-19(11)10-29)22(32,23(26,27)28)12(2)15-5-3-13(8-17(15)24)33-14-4-6-16(21(30)31)18(25)9-14/h3-9,12,32H,1-2H3,(H,30,31). The summed E-state index contributed by atoms with van der Waals surface area (Å²) >= 11 is 12.8. The molecule has 11 heteroatoms. The molecule has 2 N–H and O–H groups in total. The van der Waals surface area contributed by atoms with Gasteiger partial charge in [0.1, 0.15) is 22.4 Å². The van der Waals surface area contributed by atoms with Crippen LogP contribution < -0.4 is 4.74 Å². The molecule has 2 aromatic carbocycles. The van der Waals surface area contributed by atoms with Gasteiger partial charge in [-0.1, -0.05) is 36.2 Å². The van der Waals surface area contributed by atoms with Crippen molar-refractivity contribution in [2.75, 3.05) is 0 Å². The number of ether oxygens (including phenoxy) is 1. The van der Waals surface area contributed by atoms with E-state index in [0.717, 1.165) is 6.07 Å². The van der Waals surface area contributed by atoms with E-state index in [2.05, 4.69) is 0 Å². The molecule has 0 aliphatic rings. The van der Waals surface area contributed by atoms with Gasteiger partial charge in [0.15, 0.2) is 0 Å². The van der Waals surface area contributed by atoms with Gasteiger partial charge in [-0.05, 0) is 48.4 Å². The lowest BCUT2D eigenvalue weighted by molar-refractivity contribution is -0.273. The number of carboxylic acids is 1. The first-order valence-corrected chi connectivity index (χ1v) is 11.2. The topological polar surface area (TPSA) is 90.6 Å². The molecular weight excluding hydrogens is 514 g/mol. The Morgan fingerprint density at radius 2 is 1.71 bits per heavy atom. The lowest BCUT2D eigenvalue weighted by atomic mass is 9.81. The van der Waals surface area contributed by atoms with E-state index in [1.54, 1.807) is 0 Å². The van der Waals surface area contributed by atoms with Crippen LogP contribution in [0.5, 0.6) is 11.5 Å². The van der Waals surface area contributed by atoms with E-state index < -0.39 is 28.5 Å². The molecule has 0 radical (unpaired) electrons. The zero-order valence-electron chi connectivity index (χ0n) is 17.6. The summed E-state index contributed by atoms with van der Waals surface area (Å²) in [6, 6.07) is 10.8. The third-order valence-electron chi connectivity index (χ3n) is 5.30. The van der Waals surface area contributed by atoms with Crippen LogP contribution in [0.25, 0.3) is 0 Å². The van der Waals surface area contributed by atoms with Gasteiger partial charge in [0, 0.05) is 21.9 Å². The van der Waals surface area contributed by atoms with Crippen LogP contribution in [0.1, 0.15) is 44.1 Å². The Bertz CT molecular complexity index is 1300. The first kappa shape index (κ1) is 25.8. The van der Waals surface area contributed by atoms with Crippen molar-refractivity contribution >= 4 is 40.5 Å². The number of halogens is 5. The summed E-state index contributed by atoms with van der Waals surface area (Å²) in [7, 11) is 0. The fourth-order valence-electron chi connectivity index (χ4n) is 3.40. The zero-order valence-corrected chi connectivity index (χ0v) is 19.9. The molecule has 34 heavy (non-hydrogen) atoms. The minimum atomic E-state index is -5.06. The molecule has 0 aliphatic carbocycles. The van der Waals surface area contributed by atoms with Gasteiger partial charge >= 0.3 is 12.1 Å². The molecule has 0 bridgehead atoms. The molecule has 3 aromatic rings. The summed E-state index contributed by atoms with van der Waals surface area (Å²) in [6.45, 7) is 2.69. The molecule has 0 fully saturated rings. The van der Waals surface area contributed by atoms with Gasteiger partial charge in [-0.2, -0.15) is 18.4 Å². The van der Waals surface area contributed by atoms with E-state index in [1.807, 2.05) is 6.07 Å². The predicted octanol–water partition coefficient (Wildman–Crippen LogP) is 7.28. The molecule has 0 spiro atoms. The van der Waals surface area contributed by atoms with Crippen LogP contribution in [0.3, 0.4) is 0 Å². The van der Waals surface area contributed by atoms with Crippen molar-refractivity contribution in [1.29, 1.82) is 5.26 Å². The summed E-state index contributed by atoms with van der Waals surface area (Å²) in [5, 5.41) is 29.0. The van der Waals surface area contributed by atoms with E-state index in [0.29, 0.717) is 16.9 Å². The molecule has 5 nitrogen and oxygen atoms in total. The molecule has 0 aliphatic heterocycles. The Kier molecular flexibility index (Phi) is 7.20. The maximum Gasteiger partial charge on any atom is 0.422 e. The lowest BCUT2D eigenvalue weighted by Gasteiger charge is -2.35. The maximum atomic E-state index is 14.1. The van der Waals surface area contributed by atoms with E-state index in [-0.39, 0.29) is 37.5 Å². The van der Waals surface area contributed by atoms with Crippen LogP contribution in [0, 0.1) is 18.3 Å². The monoisotopic (exact) mass is 529 g/mol. The molecule has 3 rings (SSSR count). The maximum absolute atomic E-state index is 14.1. The predicted molar refractivity (Wildman–Crippen MR) is 122 cm³/mol. The van der Waals surface area contributed by atoms with Crippen LogP contribution in [-0.2, 0) is 5.60 Å². The van der Waals surface area contributed by atoms with Gasteiger partial charge in [0.05, 0.1) is 10.6 Å². The average molecular weight is 530 g/mol. The number of nitriles is 1. The normalized spacial score (nSPS) is 14.2. The summed E-state index contributed by atoms with van der Waals surface area (Å²) in [6.07, 6.45) is -5.06. The summed E-state index contributed by atoms with van der Waals surface area (Å²) in [5.74, 6) is -2.38. The first-order valence-electron chi connectivity index (χ1n) is 9.59. The van der Waals surface area contributed by atoms with Crippen molar-refractivity contribution in [3.63, 3.8) is 0 Å². The van der Waals surface area contributed by atoms with Gasteiger partial charge in [-0.25, -0.2) is 4.79 Å². The number of carbonyl (C=O) groups is 1. The van der Waals surface area contributed by atoms with Gasteiger partial charge in [0.2, 0.25) is 5.60 Å². The summed E-state index contributed by atoms with van der Waals surface area (Å²) in [5.41, 5.74) is -3.06. The summed E-state index contributed by atoms with van der Waals surface area (Å²) in [4.78, 5) is 10.7. The smallest absolute Gasteiger partial charge is 0.422 e. The van der Waals surface area contributed by atoms with E-state index in [1.165, 1.54) is 50.2 Å². The highest BCUT2D eigenvalue weighted by Gasteiger charge is 2.60. The molecule has 1 heterocycles. The van der Waals surface area contributed by atoms with Crippen molar-refractivity contribution in [3.05, 3.63) is 79.0 Å². The Balaban J connectivity index is 1.96. The van der Waals surface area contributed by atoms with E-state index in [4.69, 9.17) is 38.3 Å². The zero-order chi connectivity index (χ0) is 25.4. The number of aryl methyl sites for hydroxylation is 1. The molecule has 1 aromatic heterocycles. The minimum absolute atomic E-state index is 0.0117. The number of benzene rings is 2. The third kappa shape index (κ3) is 4.72. The molecule has 2 atom stereocenters. The molecule has 0 saturated heterocycles. The van der Waals surface area contributed by atoms with Gasteiger partial charge in [-0.3, -0.25) is 0 Å². The molecule has 2 unspecified atom stereocenters. The van der Waals surface area contributed by atoms with Crippen LogP contribution in [0.4, 0.5) is 13.2 Å². The molecule has 178 valence electrons. The lowest BCUT2D eigenvalue weighted by Crippen LogP contribution is -2.46. The van der Waals surface area contributed by atoms with Crippen molar-refractivity contribution < 1.29 is 32.9 Å². The molecular formula is C23H16Cl2F3NO4S. The molecule has 0 amide bonds. The fourth-order valence-corrected chi connectivity index (χ4v) is 5.15. The van der Waals surface area contributed by atoms with E-state index in [9.17, 15) is 23.1 Å². The first-order chi connectivity index (χ1) is 15.8. The highest BCUT2D eigenvalue weighted by Crippen LogP contribution is 2.52. The highest BCUT2D eigenvalue weighted by atomic mass is 35.5. The van der Waals surface area contributed by atoms with Crippen LogP contribution in [0.2, 0.25) is 10.0 Å². The third-order valence-corrected chi connectivity index (χ3v) is 7.21. The number of aromatic carboxylic acids is 1. The second-order valence-corrected chi connectivity index (χ2v) is 9.32. The summed E-state index contributed by atoms with van der Waals surface area (Å²) < 4.78 is 48.0. The SMILES string of the molecule is Cc1cc(C(O)(C(C)c2ccc(Oc3ccc(C(=O)O)c(Cl)c3)cc2Cl)C(F)(F)F)sc1C#N. The average Bonchev–Trinajstić information content (AvgIpc) is 3.12. The number of nitrogens with zero attached hydrogens (tertiary/aromatic N) is 1. The number of rotatable bonds is 6. The van der Waals surface area contributed by atoms with Crippen molar-refractivity contribution in [1.82, 2.24) is 0 Å². The van der Waals surface area contributed by atoms with Crippen LogP contribution >= 0.6 is 34.5 Å². The second kappa shape index (κ2) is 9.47. The van der Waals surface area contributed by atoms with Crippen LogP contribution in [-0.4, -0.2) is 22.4 Å². The van der Waals surface area contributed by atoms with Crippen molar-refractivity contribution in [3.8, 4) is 17.6 Å². The largest absolute Gasteiger partial charge is 0.478 e. The van der Waals surface area contributed by atoms with Crippen molar-refractivity contribution in [2.45, 2.75) is 31.5 Å². The Morgan fingerprint density at radius 1 is 1.12 bits per heavy atom. The van der Waals surface area contributed by atoms with Gasteiger partial charge in [-0.15, -0.1) is 11.3 Å². The van der Waals surface area contributed by atoms with Crippen molar-refractivity contribution in [2.24, 2.45) is 0 Å². The fraction of sp³-hybridized carbons (Fsp3) is 0.217. The number of thiophene rings is 1. The van der Waals surface area contributed by atoms with Gasteiger partial charge < -0.3 is 14.9 Å². The molecule has 0 saturated carbocycles. The Labute approximate surface area is 206 Å². The number of aliphatic hydroxyl groups is 1. The quantitative estimate of drug-likeness (QED) is 0.350. The van der Waals surface area contributed by atoms with E-state index >= 15 is 0 Å². The number of hydrogen-bond donors (Lipinski definition) is 2. The highest BCUT2D eigenvalue weighted by molar-refractivity contribution is 7.12. The Hall–Kier alpha value is -2.77. The van der Waals surface area contributed by atoms with Crippen LogP contribution in [0.15, 0.2) is 42.5 Å². The Morgan fingerprint density at radius 3 is 2.18 bits per heavy atom.